The largest absolute Gasteiger partial charge is 0.372 e. The molecule has 0 aliphatic carbocycles. The van der Waals surface area contributed by atoms with E-state index in [1.165, 1.54) is 0 Å². The van der Waals surface area contributed by atoms with Gasteiger partial charge in [-0.3, -0.25) is 9.78 Å². The molecular formula is C9H11BrN2O2. The zero-order valence-corrected chi connectivity index (χ0v) is 9.37. The maximum Gasteiger partial charge on any atom is 0.250 e. The molecule has 14 heavy (non-hydrogen) atoms. The Labute approximate surface area is 90.8 Å². The molecule has 0 unspecified atom stereocenters. The minimum Gasteiger partial charge on any atom is -0.372 e. The summed E-state index contributed by atoms with van der Waals surface area (Å²) < 4.78 is 5.78. The van der Waals surface area contributed by atoms with Crippen molar-refractivity contribution < 1.29 is 9.53 Å². The molecule has 0 fully saturated rings. The molecule has 1 rings (SSSR count). The lowest BCUT2D eigenvalue weighted by Crippen LogP contribution is -2.18. The number of anilines is 1. The topological polar surface area (TPSA) is 51.2 Å². The SMILES string of the molecule is CCOCC(=O)Nc1cncc(Br)c1. The van der Waals surface area contributed by atoms with E-state index >= 15 is 0 Å². The van der Waals surface area contributed by atoms with Crippen LogP contribution in [0.15, 0.2) is 22.9 Å². The highest BCUT2D eigenvalue weighted by Gasteiger charge is 2.01. The molecule has 0 atom stereocenters. The molecule has 0 radical (unpaired) electrons. The second kappa shape index (κ2) is 5.72. The summed E-state index contributed by atoms with van der Waals surface area (Å²) in [5, 5.41) is 2.66. The predicted molar refractivity (Wildman–Crippen MR) is 57.1 cm³/mol. The summed E-state index contributed by atoms with van der Waals surface area (Å²) in [6.45, 7) is 2.45. The number of rotatable bonds is 4. The van der Waals surface area contributed by atoms with E-state index in [1.54, 1.807) is 18.5 Å². The summed E-state index contributed by atoms with van der Waals surface area (Å²) in [6, 6.07) is 1.77. The van der Waals surface area contributed by atoms with Gasteiger partial charge in [0.1, 0.15) is 6.61 Å². The molecule has 1 aromatic rings. The van der Waals surface area contributed by atoms with Gasteiger partial charge in [0.15, 0.2) is 0 Å². The van der Waals surface area contributed by atoms with Gasteiger partial charge < -0.3 is 10.1 Å². The van der Waals surface area contributed by atoms with Crippen molar-refractivity contribution >= 4 is 27.5 Å². The van der Waals surface area contributed by atoms with Gasteiger partial charge >= 0.3 is 0 Å². The summed E-state index contributed by atoms with van der Waals surface area (Å²) >= 11 is 3.26. The Morgan fingerprint density at radius 2 is 2.43 bits per heavy atom. The van der Waals surface area contributed by atoms with E-state index in [0.717, 1.165) is 4.47 Å². The standard InChI is InChI=1S/C9H11BrN2O2/c1-2-14-6-9(13)12-8-3-7(10)4-11-5-8/h3-5H,2,6H2,1H3,(H,12,13). The fraction of sp³-hybridized carbons (Fsp3) is 0.333. The summed E-state index contributed by atoms with van der Waals surface area (Å²) in [5.74, 6) is -0.174. The third-order valence-corrected chi connectivity index (χ3v) is 1.86. The van der Waals surface area contributed by atoms with Gasteiger partial charge in [0.25, 0.3) is 0 Å². The third-order valence-electron chi connectivity index (χ3n) is 1.43. The first-order valence-electron chi connectivity index (χ1n) is 4.20. The normalized spacial score (nSPS) is 9.86. The van der Waals surface area contributed by atoms with Crippen LogP contribution < -0.4 is 5.32 Å². The summed E-state index contributed by atoms with van der Waals surface area (Å²) in [4.78, 5) is 15.1. The summed E-state index contributed by atoms with van der Waals surface area (Å²) in [5.41, 5.74) is 0.657. The maximum absolute atomic E-state index is 11.2. The number of nitrogens with zero attached hydrogens (tertiary/aromatic N) is 1. The van der Waals surface area contributed by atoms with Crippen LogP contribution in [0.4, 0.5) is 5.69 Å². The van der Waals surface area contributed by atoms with E-state index in [1.807, 2.05) is 6.92 Å². The van der Waals surface area contributed by atoms with Gasteiger partial charge in [-0.1, -0.05) is 0 Å². The van der Waals surface area contributed by atoms with Gasteiger partial charge in [0.2, 0.25) is 5.91 Å². The predicted octanol–water partition coefficient (Wildman–Crippen LogP) is 1.82. The first-order valence-corrected chi connectivity index (χ1v) is 5.00. The van der Waals surface area contributed by atoms with Crippen molar-refractivity contribution in [3.8, 4) is 0 Å². The lowest BCUT2D eigenvalue weighted by atomic mass is 10.4. The smallest absolute Gasteiger partial charge is 0.250 e. The van der Waals surface area contributed by atoms with Crippen LogP contribution in [-0.4, -0.2) is 24.1 Å². The van der Waals surface area contributed by atoms with E-state index in [4.69, 9.17) is 4.74 Å². The monoisotopic (exact) mass is 258 g/mol. The van der Waals surface area contributed by atoms with Gasteiger partial charge in [0.05, 0.1) is 11.9 Å². The van der Waals surface area contributed by atoms with Crippen LogP contribution in [0.1, 0.15) is 6.92 Å². The van der Waals surface area contributed by atoms with Crippen molar-refractivity contribution in [3.63, 3.8) is 0 Å². The number of aromatic nitrogens is 1. The number of ether oxygens (including phenoxy) is 1. The van der Waals surface area contributed by atoms with Crippen LogP contribution in [0.3, 0.4) is 0 Å². The van der Waals surface area contributed by atoms with Gasteiger partial charge in [-0.25, -0.2) is 0 Å². The van der Waals surface area contributed by atoms with Crippen molar-refractivity contribution in [1.82, 2.24) is 4.98 Å². The zero-order chi connectivity index (χ0) is 10.4. The lowest BCUT2D eigenvalue weighted by Gasteiger charge is -2.04. The van der Waals surface area contributed by atoms with Crippen LogP contribution in [-0.2, 0) is 9.53 Å². The number of hydrogen-bond donors (Lipinski definition) is 1. The molecule has 0 bridgehead atoms. The summed E-state index contributed by atoms with van der Waals surface area (Å²) in [7, 11) is 0. The highest BCUT2D eigenvalue weighted by atomic mass is 79.9. The van der Waals surface area contributed by atoms with Crippen LogP contribution >= 0.6 is 15.9 Å². The molecular weight excluding hydrogens is 248 g/mol. The molecule has 0 saturated carbocycles. The van der Waals surface area contributed by atoms with Gasteiger partial charge in [0, 0.05) is 17.3 Å². The molecule has 1 heterocycles. The first kappa shape index (κ1) is 11.1. The van der Waals surface area contributed by atoms with Gasteiger partial charge in [-0.05, 0) is 28.9 Å². The number of pyridine rings is 1. The van der Waals surface area contributed by atoms with E-state index in [2.05, 4.69) is 26.2 Å². The van der Waals surface area contributed by atoms with Gasteiger partial charge in [-0.2, -0.15) is 0 Å². The minimum atomic E-state index is -0.174. The highest BCUT2D eigenvalue weighted by Crippen LogP contribution is 2.13. The Kier molecular flexibility index (Phi) is 4.55. The quantitative estimate of drug-likeness (QED) is 0.897. The fourth-order valence-corrected chi connectivity index (χ4v) is 1.24. The average molecular weight is 259 g/mol. The molecule has 76 valence electrons. The maximum atomic E-state index is 11.2. The number of halogens is 1. The van der Waals surface area contributed by atoms with Crippen molar-refractivity contribution in [2.24, 2.45) is 0 Å². The number of hydrogen-bond acceptors (Lipinski definition) is 3. The van der Waals surface area contributed by atoms with Crippen LogP contribution in [0.25, 0.3) is 0 Å². The molecule has 0 aliphatic rings. The molecule has 1 aromatic heterocycles. The molecule has 0 aliphatic heterocycles. The highest BCUT2D eigenvalue weighted by molar-refractivity contribution is 9.10. The number of amides is 1. The Bertz CT molecular complexity index is 317. The van der Waals surface area contributed by atoms with Crippen molar-refractivity contribution in [1.29, 1.82) is 0 Å². The molecule has 4 nitrogen and oxygen atoms in total. The zero-order valence-electron chi connectivity index (χ0n) is 7.79. The van der Waals surface area contributed by atoms with Gasteiger partial charge in [-0.15, -0.1) is 0 Å². The van der Waals surface area contributed by atoms with E-state index < -0.39 is 0 Å². The van der Waals surface area contributed by atoms with E-state index in [-0.39, 0.29) is 12.5 Å². The Hall–Kier alpha value is -0.940. The average Bonchev–Trinajstić information content (AvgIpc) is 2.15. The van der Waals surface area contributed by atoms with Crippen molar-refractivity contribution in [3.05, 3.63) is 22.9 Å². The van der Waals surface area contributed by atoms with Crippen LogP contribution in [0, 0.1) is 0 Å². The van der Waals surface area contributed by atoms with Crippen molar-refractivity contribution in [2.75, 3.05) is 18.5 Å². The molecule has 0 spiro atoms. The number of carbonyl (C=O) groups is 1. The minimum absolute atomic E-state index is 0.0724. The van der Waals surface area contributed by atoms with Crippen LogP contribution in [0.2, 0.25) is 0 Å². The third kappa shape index (κ3) is 3.85. The Morgan fingerprint density at radius 1 is 1.64 bits per heavy atom. The molecule has 5 heteroatoms. The van der Waals surface area contributed by atoms with Crippen molar-refractivity contribution in [2.45, 2.75) is 6.92 Å². The second-order valence-electron chi connectivity index (χ2n) is 2.58. The van der Waals surface area contributed by atoms with E-state index in [0.29, 0.717) is 12.3 Å². The molecule has 0 aromatic carbocycles. The number of nitrogens with one attached hydrogen (secondary N) is 1. The molecule has 0 saturated heterocycles. The molecule has 1 N–H and O–H groups in total. The lowest BCUT2D eigenvalue weighted by molar-refractivity contribution is -0.120. The molecule has 1 amide bonds. The summed E-state index contributed by atoms with van der Waals surface area (Å²) in [6.07, 6.45) is 3.23. The Balaban J connectivity index is 2.47. The van der Waals surface area contributed by atoms with E-state index in [9.17, 15) is 4.79 Å². The number of carbonyl (C=O) groups excluding carboxylic acids is 1. The fourth-order valence-electron chi connectivity index (χ4n) is 0.872. The first-order chi connectivity index (χ1) is 6.72. The van der Waals surface area contributed by atoms with Crippen LogP contribution in [0.5, 0.6) is 0 Å². The second-order valence-corrected chi connectivity index (χ2v) is 3.49. The Morgan fingerprint density at radius 3 is 3.07 bits per heavy atom.